The Morgan fingerprint density at radius 2 is 1.68 bits per heavy atom. The van der Waals surface area contributed by atoms with E-state index in [-0.39, 0.29) is 56.7 Å². The quantitative estimate of drug-likeness (QED) is 0.286. The number of methoxy groups -OCH3 is 1. The maximum atomic E-state index is 14.4. The van der Waals surface area contributed by atoms with Gasteiger partial charge in [-0.1, -0.05) is 66.7 Å². The number of hydrogen-bond donors (Lipinski definition) is 0. The van der Waals surface area contributed by atoms with E-state index in [0.717, 1.165) is 56.3 Å². The second-order valence-electron chi connectivity index (χ2n) is 15.0. The Morgan fingerprint density at radius 3 is 2.30 bits per heavy atom. The number of allylic oxidation sites excluding steroid dienone is 5. The third-order valence-corrected chi connectivity index (χ3v) is 12.6. The van der Waals surface area contributed by atoms with E-state index in [1.165, 1.54) is 0 Å². The summed E-state index contributed by atoms with van der Waals surface area (Å²) in [5.74, 6) is 1.24. The molecule has 0 bridgehead atoms. The fraction of sp³-hybridized carbons (Fsp3) is 0.727. The number of carbonyl (C=O) groups is 2. The summed E-state index contributed by atoms with van der Waals surface area (Å²) in [6.07, 6.45) is 10.9. The van der Waals surface area contributed by atoms with Gasteiger partial charge in [-0.25, -0.2) is 4.85 Å². The lowest BCUT2D eigenvalue weighted by Gasteiger charge is -2.69. The molecule has 200 valence electrons. The Hall–Kier alpha value is -2.15. The van der Waals surface area contributed by atoms with Crippen LogP contribution in [0.3, 0.4) is 0 Å². The molecule has 0 radical (unpaired) electrons. The number of ketones is 2. The number of fused-ring (bicyclic) bond motifs is 7. The van der Waals surface area contributed by atoms with Crippen molar-refractivity contribution in [2.45, 2.75) is 93.4 Å². The van der Waals surface area contributed by atoms with Crippen LogP contribution in [0.1, 0.15) is 93.4 Å². The average Bonchev–Trinajstić information content (AvgIpc) is 2.82. The van der Waals surface area contributed by atoms with Gasteiger partial charge >= 0.3 is 0 Å². The molecule has 5 rings (SSSR count). The molecule has 5 aliphatic carbocycles. The SMILES string of the molecule is [C-]#[N+]C1=C[C@]2(C)C3=CC(=O)[C@@H]4[C@@H]5CC(C)(C)CC[C@]5(C(=C)OC)CC[C@@]4(C)[C@]3(C)CC[C@H]2C(C)(C)C1=O. The highest BCUT2D eigenvalue weighted by atomic mass is 16.5. The van der Waals surface area contributed by atoms with Crippen molar-refractivity contribution in [2.75, 3.05) is 7.11 Å². The summed E-state index contributed by atoms with van der Waals surface area (Å²) in [7, 11) is 1.74. The Balaban J connectivity index is 1.71. The Labute approximate surface area is 223 Å². The molecule has 5 aliphatic rings. The number of rotatable bonds is 2. The monoisotopic (exact) mass is 503 g/mol. The van der Waals surface area contributed by atoms with Crippen LogP contribution in [0.5, 0.6) is 0 Å². The minimum atomic E-state index is -0.627. The third-order valence-electron chi connectivity index (χ3n) is 12.6. The molecule has 7 atom stereocenters. The lowest BCUT2D eigenvalue weighted by atomic mass is 9.34. The summed E-state index contributed by atoms with van der Waals surface area (Å²) >= 11 is 0. The van der Waals surface area contributed by atoms with Gasteiger partial charge < -0.3 is 9.53 Å². The molecular weight excluding hydrogens is 458 g/mol. The second kappa shape index (κ2) is 7.71. The molecule has 3 saturated carbocycles. The largest absolute Gasteiger partial charge is 0.501 e. The summed E-state index contributed by atoms with van der Waals surface area (Å²) < 4.78 is 5.85. The zero-order chi connectivity index (χ0) is 27.4. The summed E-state index contributed by atoms with van der Waals surface area (Å²) in [5, 5.41) is 0. The van der Waals surface area contributed by atoms with E-state index >= 15 is 0 Å². The van der Waals surface area contributed by atoms with Crippen LogP contribution in [-0.4, -0.2) is 18.7 Å². The highest BCUT2D eigenvalue weighted by molar-refractivity contribution is 6.03. The van der Waals surface area contributed by atoms with Gasteiger partial charge in [0.05, 0.1) is 19.4 Å². The van der Waals surface area contributed by atoms with E-state index in [1.54, 1.807) is 7.11 Å². The third kappa shape index (κ3) is 3.12. The van der Waals surface area contributed by atoms with Gasteiger partial charge in [0.25, 0.3) is 0 Å². The van der Waals surface area contributed by atoms with Crippen molar-refractivity contribution in [1.29, 1.82) is 0 Å². The van der Waals surface area contributed by atoms with Crippen LogP contribution >= 0.6 is 0 Å². The van der Waals surface area contributed by atoms with E-state index in [0.29, 0.717) is 0 Å². The van der Waals surface area contributed by atoms with Gasteiger partial charge in [0.15, 0.2) is 11.6 Å². The lowest BCUT2D eigenvalue weighted by Crippen LogP contribution is -2.65. The van der Waals surface area contributed by atoms with Gasteiger partial charge in [-0.3, -0.25) is 4.79 Å². The van der Waals surface area contributed by atoms with Crippen molar-refractivity contribution >= 4 is 11.6 Å². The molecule has 0 heterocycles. The molecule has 0 spiro atoms. The molecule has 0 amide bonds. The first kappa shape index (κ1) is 26.5. The summed E-state index contributed by atoms with van der Waals surface area (Å²) in [4.78, 5) is 31.3. The number of Topliss-reactive ketones (excluding diaryl/α,β-unsaturated/α-hetero) is 1. The smallest absolute Gasteiger partial charge is 0.226 e. The molecular formula is C33H45NO3. The molecule has 0 aromatic rings. The maximum Gasteiger partial charge on any atom is 0.226 e. The maximum absolute atomic E-state index is 14.4. The standard InChI is InChI=1S/C33H45NO3/c1-20(37-10)33-15-13-28(2,3)18-21(33)26-23(35)17-25-30(6)19-22(34-9)27(36)29(4,5)24(30)11-12-31(25,7)32(26,8)14-16-33/h17,19,21,24,26H,1,11-16,18H2,2-8,10H3/t21-,24-,26-,30-,31+,32+,33+/m0/s1. The van der Waals surface area contributed by atoms with Crippen molar-refractivity contribution in [2.24, 2.45) is 50.2 Å². The van der Waals surface area contributed by atoms with Gasteiger partial charge in [0, 0.05) is 22.2 Å². The first-order valence-corrected chi connectivity index (χ1v) is 14.2. The van der Waals surface area contributed by atoms with Gasteiger partial charge in [0.2, 0.25) is 5.70 Å². The van der Waals surface area contributed by atoms with Gasteiger partial charge in [-0.2, -0.15) is 0 Å². The van der Waals surface area contributed by atoms with Crippen LogP contribution in [0.2, 0.25) is 0 Å². The molecule has 0 aliphatic heterocycles. The van der Waals surface area contributed by atoms with Crippen molar-refractivity contribution in [1.82, 2.24) is 0 Å². The van der Waals surface area contributed by atoms with E-state index < -0.39 is 10.8 Å². The van der Waals surface area contributed by atoms with Crippen LogP contribution in [0.25, 0.3) is 4.85 Å². The number of ether oxygens (including phenoxy) is 1. The molecule has 0 unspecified atom stereocenters. The van der Waals surface area contributed by atoms with Crippen molar-refractivity contribution in [3.8, 4) is 0 Å². The summed E-state index contributed by atoms with van der Waals surface area (Å²) in [6.45, 7) is 27.8. The van der Waals surface area contributed by atoms with E-state index in [4.69, 9.17) is 11.3 Å². The first-order chi connectivity index (χ1) is 17.0. The number of carbonyl (C=O) groups excluding carboxylic acids is 2. The van der Waals surface area contributed by atoms with Crippen LogP contribution in [0.15, 0.2) is 35.8 Å². The predicted molar refractivity (Wildman–Crippen MR) is 146 cm³/mol. The van der Waals surface area contributed by atoms with Crippen molar-refractivity contribution in [3.63, 3.8) is 0 Å². The topological polar surface area (TPSA) is 47.7 Å². The summed E-state index contributed by atoms with van der Waals surface area (Å²) in [5.41, 5.74) is -0.0624. The van der Waals surface area contributed by atoms with E-state index in [1.807, 2.05) is 26.0 Å². The molecule has 0 aromatic carbocycles. The Kier molecular flexibility index (Phi) is 5.51. The minimum Gasteiger partial charge on any atom is -0.501 e. The van der Waals surface area contributed by atoms with Crippen molar-refractivity contribution < 1.29 is 14.3 Å². The van der Waals surface area contributed by atoms with Crippen LogP contribution < -0.4 is 0 Å². The highest BCUT2D eigenvalue weighted by Gasteiger charge is 2.70. The zero-order valence-corrected chi connectivity index (χ0v) is 24.2. The predicted octanol–water partition coefficient (Wildman–Crippen LogP) is 7.72. The van der Waals surface area contributed by atoms with Crippen molar-refractivity contribution in [3.05, 3.63) is 47.2 Å². The Morgan fingerprint density at radius 1 is 1.03 bits per heavy atom. The second-order valence-corrected chi connectivity index (χ2v) is 15.0. The molecule has 37 heavy (non-hydrogen) atoms. The number of hydrogen-bond acceptors (Lipinski definition) is 3. The first-order valence-electron chi connectivity index (χ1n) is 14.2. The molecule has 3 fully saturated rings. The lowest BCUT2D eigenvalue weighted by molar-refractivity contribution is -0.170. The normalized spacial score (nSPS) is 45.6. The number of nitrogens with zero attached hydrogens (tertiary/aromatic N) is 1. The molecule has 0 aromatic heterocycles. The average molecular weight is 504 g/mol. The molecule has 4 heteroatoms. The van der Waals surface area contributed by atoms with E-state index in [9.17, 15) is 9.59 Å². The van der Waals surface area contributed by atoms with Crippen LogP contribution in [0, 0.1) is 56.8 Å². The molecule has 4 nitrogen and oxygen atoms in total. The fourth-order valence-corrected chi connectivity index (χ4v) is 10.3. The minimum absolute atomic E-state index is 0.0506. The van der Waals surface area contributed by atoms with Crippen LogP contribution in [-0.2, 0) is 14.3 Å². The van der Waals surface area contributed by atoms with Crippen LogP contribution in [0.4, 0.5) is 0 Å². The van der Waals surface area contributed by atoms with Gasteiger partial charge in [-0.15, -0.1) is 0 Å². The highest BCUT2D eigenvalue weighted by Crippen LogP contribution is 2.75. The molecule has 0 N–H and O–H groups in total. The van der Waals surface area contributed by atoms with E-state index in [2.05, 4.69) is 46.0 Å². The zero-order valence-electron chi connectivity index (χ0n) is 24.2. The Bertz CT molecular complexity index is 1200. The molecule has 0 saturated heterocycles. The fourth-order valence-electron chi connectivity index (χ4n) is 10.3. The van der Waals surface area contributed by atoms with Gasteiger partial charge in [-0.05, 0) is 79.1 Å². The summed E-state index contributed by atoms with van der Waals surface area (Å²) in [6, 6.07) is 0. The van der Waals surface area contributed by atoms with Gasteiger partial charge in [0.1, 0.15) is 0 Å².